The van der Waals surface area contributed by atoms with Gasteiger partial charge in [-0.05, 0) is 24.3 Å². The van der Waals surface area contributed by atoms with Crippen LogP contribution in [0.3, 0.4) is 0 Å². The van der Waals surface area contributed by atoms with Crippen LogP contribution in [0.4, 0.5) is 0 Å². The molecule has 0 spiro atoms. The van der Waals surface area contributed by atoms with Crippen LogP contribution in [0.15, 0.2) is 34.2 Å². The first-order chi connectivity index (χ1) is 7.89. The Hall–Kier alpha value is -1.03. The minimum Gasteiger partial charge on any atom is -0.492 e. The number of rotatable bonds is 5. The smallest absolute Gasteiger partial charge is 0.186 e. The quantitative estimate of drug-likeness (QED) is 0.329. The van der Waals surface area contributed by atoms with Crippen LogP contribution in [0.2, 0.25) is 0 Å². The van der Waals surface area contributed by atoms with E-state index in [1.54, 1.807) is 12.1 Å². The summed E-state index contributed by atoms with van der Waals surface area (Å²) in [4.78, 5) is 4.01. The average Bonchev–Trinajstić information content (AvgIpc) is 2.23. The number of guanidine groups is 1. The van der Waals surface area contributed by atoms with Gasteiger partial charge in [-0.2, -0.15) is 0 Å². The van der Waals surface area contributed by atoms with Crippen molar-refractivity contribution in [3.63, 3.8) is 0 Å². The van der Waals surface area contributed by atoms with Gasteiger partial charge in [-0.3, -0.25) is 4.99 Å². The zero-order valence-corrected chi connectivity index (χ0v) is 13.0. The van der Waals surface area contributed by atoms with E-state index in [1.807, 2.05) is 0 Å². The van der Waals surface area contributed by atoms with E-state index in [9.17, 15) is 8.42 Å². The first-order valence-corrected chi connectivity index (χ1v) is 6.77. The highest BCUT2D eigenvalue weighted by atomic mass is 127. The van der Waals surface area contributed by atoms with Crippen molar-refractivity contribution >= 4 is 39.8 Å². The summed E-state index contributed by atoms with van der Waals surface area (Å²) in [6.07, 6.45) is 1.15. The molecule has 1 aromatic rings. The summed E-state index contributed by atoms with van der Waals surface area (Å²) in [5.41, 5.74) is 10.3. The minimum absolute atomic E-state index is 0. The van der Waals surface area contributed by atoms with Crippen LogP contribution in [0.1, 0.15) is 0 Å². The largest absolute Gasteiger partial charge is 0.492 e. The zero-order valence-electron chi connectivity index (χ0n) is 9.87. The molecule has 8 heteroatoms. The second-order valence-electron chi connectivity index (χ2n) is 3.40. The Balaban J connectivity index is 0.00000289. The van der Waals surface area contributed by atoms with Crippen LogP contribution < -0.4 is 16.2 Å². The van der Waals surface area contributed by atoms with Crippen LogP contribution in [-0.4, -0.2) is 33.8 Å². The number of nitrogens with zero attached hydrogens (tertiary/aromatic N) is 1. The molecule has 0 radical (unpaired) electrons. The molecule has 0 saturated carbocycles. The van der Waals surface area contributed by atoms with Crippen LogP contribution >= 0.6 is 24.0 Å². The van der Waals surface area contributed by atoms with Gasteiger partial charge >= 0.3 is 0 Å². The van der Waals surface area contributed by atoms with Crippen molar-refractivity contribution in [2.24, 2.45) is 16.5 Å². The van der Waals surface area contributed by atoms with Crippen molar-refractivity contribution in [3.05, 3.63) is 24.3 Å². The fourth-order valence-electron chi connectivity index (χ4n) is 1.12. The van der Waals surface area contributed by atoms with E-state index in [0.717, 1.165) is 6.26 Å². The molecule has 0 unspecified atom stereocenters. The summed E-state index contributed by atoms with van der Waals surface area (Å²) >= 11 is 0. The number of ether oxygens (including phenoxy) is 1. The third-order valence-corrected chi connectivity index (χ3v) is 3.03. The van der Waals surface area contributed by atoms with Crippen molar-refractivity contribution < 1.29 is 13.2 Å². The van der Waals surface area contributed by atoms with E-state index in [4.69, 9.17) is 16.2 Å². The Morgan fingerprint density at radius 2 is 1.83 bits per heavy atom. The standard InChI is InChI=1S/C10H15N3O3S.HI/c1-17(14,15)9-4-2-8(3-5-9)16-7-6-13-10(11)12;/h2-5H,6-7H2,1H3,(H4,11,12,13);1H. The first-order valence-electron chi connectivity index (χ1n) is 4.88. The fraction of sp³-hybridized carbons (Fsp3) is 0.300. The van der Waals surface area contributed by atoms with Crippen molar-refractivity contribution in [1.82, 2.24) is 0 Å². The molecule has 1 aromatic carbocycles. The SMILES string of the molecule is CS(=O)(=O)c1ccc(OCCN=C(N)N)cc1.I. The monoisotopic (exact) mass is 385 g/mol. The van der Waals surface area contributed by atoms with Gasteiger partial charge in [0.15, 0.2) is 15.8 Å². The highest BCUT2D eigenvalue weighted by Crippen LogP contribution is 2.15. The molecule has 4 N–H and O–H groups in total. The third kappa shape index (κ3) is 6.05. The van der Waals surface area contributed by atoms with E-state index in [0.29, 0.717) is 18.9 Å². The van der Waals surface area contributed by atoms with Gasteiger partial charge in [0.25, 0.3) is 0 Å². The molecule has 1 rings (SSSR count). The number of halogens is 1. The van der Waals surface area contributed by atoms with Gasteiger partial charge in [0.2, 0.25) is 0 Å². The van der Waals surface area contributed by atoms with Gasteiger partial charge in [-0.1, -0.05) is 0 Å². The zero-order chi connectivity index (χ0) is 12.9. The lowest BCUT2D eigenvalue weighted by molar-refractivity contribution is 0.328. The van der Waals surface area contributed by atoms with Crippen molar-refractivity contribution in [2.75, 3.05) is 19.4 Å². The van der Waals surface area contributed by atoms with Crippen molar-refractivity contribution in [2.45, 2.75) is 4.90 Å². The highest BCUT2D eigenvalue weighted by molar-refractivity contribution is 14.0. The van der Waals surface area contributed by atoms with Crippen LogP contribution in [-0.2, 0) is 9.84 Å². The maximum absolute atomic E-state index is 11.2. The molecule has 0 aliphatic carbocycles. The Bertz CT molecular complexity index is 496. The molecule has 0 aliphatic heterocycles. The van der Waals surface area contributed by atoms with E-state index >= 15 is 0 Å². The summed E-state index contributed by atoms with van der Waals surface area (Å²) in [7, 11) is -3.17. The topological polar surface area (TPSA) is 108 Å². The fourth-order valence-corrected chi connectivity index (χ4v) is 1.75. The lowest BCUT2D eigenvalue weighted by Crippen LogP contribution is -2.23. The highest BCUT2D eigenvalue weighted by Gasteiger charge is 2.05. The molecule has 6 nitrogen and oxygen atoms in total. The Morgan fingerprint density at radius 3 is 2.28 bits per heavy atom. The maximum atomic E-state index is 11.2. The Kier molecular flexibility index (Phi) is 6.99. The van der Waals surface area contributed by atoms with Crippen molar-refractivity contribution in [3.8, 4) is 5.75 Å². The van der Waals surface area contributed by atoms with Gasteiger partial charge in [0, 0.05) is 6.26 Å². The van der Waals surface area contributed by atoms with E-state index in [1.165, 1.54) is 12.1 Å². The van der Waals surface area contributed by atoms with Crippen LogP contribution in [0.5, 0.6) is 5.75 Å². The summed E-state index contributed by atoms with van der Waals surface area (Å²) in [6.45, 7) is 0.687. The molecule has 0 aliphatic rings. The summed E-state index contributed by atoms with van der Waals surface area (Å²) in [6, 6.07) is 6.16. The number of hydrogen-bond donors (Lipinski definition) is 2. The van der Waals surface area contributed by atoms with Crippen molar-refractivity contribution in [1.29, 1.82) is 0 Å². The summed E-state index contributed by atoms with van der Waals surface area (Å²) in [5, 5.41) is 0. The molecular formula is C10H16IN3O3S. The van der Waals surface area contributed by atoms with Crippen LogP contribution in [0.25, 0.3) is 0 Å². The number of benzene rings is 1. The number of nitrogens with two attached hydrogens (primary N) is 2. The first kappa shape index (κ1) is 17.0. The summed E-state index contributed by atoms with van der Waals surface area (Å²) in [5.74, 6) is 0.587. The third-order valence-electron chi connectivity index (χ3n) is 1.91. The van der Waals surface area contributed by atoms with E-state index in [-0.39, 0.29) is 34.8 Å². The molecule has 0 aromatic heterocycles. The molecule has 0 heterocycles. The minimum atomic E-state index is -3.17. The number of hydrogen-bond acceptors (Lipinski definition) is 4. The second kappa shape index (κ2) is 7.41. The predicted octanol–water partition coefficient (Wildman–Crippen LogP) is 0.360. The lowest BCUT2D eigenvalue weighted by Gasteiger charge is -2.05. The van der Waals surface area contributed by atoms with Gasteiger partial charge in [-0.15, -0.1) is 24.0 Å². The number of sulfone groups is 1. The average molecular weight is 385 g/mol. The Morgan fingerprint density at radius 1 is 1.28 bits per heavy atom. The molecule has 102 valence electrons. The molecule has 0 atom stereocenters. The molecule has 18 heavy (non-hydrogen) atoms. The lowest BCUT2D eigenvalue weighted by atomic mass is 10.3. The normalized spacial score (nSPS) is 10.3. The second-order valence-corrected chi connectivity index (χ2v) is 5.41. The molecule has 0 saturated heterocycles. The molecule has 0 bridgehead atoms. The van der Waals surface area contributed by atoms with Gasteiger partial charge < -0.3 is 16.2 Å². The van der Waals surface area contributed by atoms with Gasteiger partial charge in [-0.25, -0.2) is 8.42 Å². The summed E-state index contributed by atoms with van der Waals surface area (Å²) < 4.78 is 27.7. The Labute approximate surface area is 123 Å². The number of aliphatic imine (C=N–C) groups is 1. The molecule has 0 amide bonds. The van der Waals surface area contributed by atoms with E-state index in [2.05, 4.69) is 4.99 Å². The molecular weight excluding hydrogens is 369 g/mol. The predicted molar refractivity (Wildman–Crippen MR) is 81.1 cm³/mol. The van der Waals surface area contributed by atoms with E-state index < -0.39 is 9.84 Å². The van der Waals surface area contributed by atoms with Crippen LogP contribution in [0, 0.1) is 0 Å². The van der Waals surface area contributed by atoms with Gasteiger partial charge in [0.05, 0.1) is 11.4 Å². The maximum Gasteiger partial charge on any atom is 0.186 e. The molecule has 0 fully saturated rings. The van der Waals surface area contributed by atoms with Gasteiger partial charge in [0.1, 0.15) is 12.4 Å².